The second-order valence-corrected chi connectivity index (χ2v) is 3.59. The van der Waals surface area contributed by atoms with Gasteiger partial charge in [-0.25, -0.2) is 0 Å². The first-order valence-corrected chi connectivity index (χ1v) is 4.20. The molecule has 1 saturated heterocycles. The molecule has 0 amide bonds. The Morgan fingerprint density at radius 3 is 2.25 bits per heavy atom. The van der Waals surface area contributed by atoms with E-state index < -0.39 is 18.3 Å². The van der Waals surface area contributed by atoms with Crippen LogP contribution < -0.4 is 0 Å². The Morgan fingerprint density at radius 1 is 1.17 bits per heavy atom. The molecule has 0 aromatic heterocycles. The zero-order chi connectivity index (χ0) is 9.30. The molecule has 1 rings (SSSR count). The molecule has 0 aromatic rings. The van der Waals surface area contributed by atoms with Crippen LogP contribution >= 0.6 is 0 Å². The van der Waals surface area contributed by atoms with Crippen LogP contribution in [0.3, 0.4) is 0 Å². The summed E-state index contributed by atoms with van der Waals surface area (Å²) in [4.78, 5) is 0. The van der Waals surface area contributed by atoms with Crippen LogP contribution in [0.25, 0.3) is 0 Å². The van der Waals surface area contributed by atoms with Crippen molar-refractivity contribution in [3.05, 3.63) is 0 Å². The molecule has 1 unspecified atom stereocenters. The number of rotatable bonds is 1. The molecule has 0 bridgehead atoms. The molecule has 1 aliphatic heterocycles. The average Bonchev–Trinajstić information content (AvgIpc) is 2.00. The van der Waals surface area contributed by atoms with Gasteiger partial charge in [-0.2, -0.15) is 0 Å². The fourth-order valence-corrected chi connectivity index (χ4v) is 1.42. The lowest BCUT2D eigenvalue weighted by Gasteiger charge is -2.37. The predicted octanol–water partition coefficient (Wildman–Crippen LogP) is -0.876. The quantitative estimate of drug-likeness (QED) is 0.485. The van der Waals surface area contributed by atoms with Crippen molar-refractivity contribution in [1.82, 2.24) is 0 Å². The minimum Gasteiger partial charge on any atom is -0.388 e. The lowest BCUT2D eigenvalue weighted by molar-refractivity contribution is -0.197. The third-order valence-electron chi connectivity index (χ3n) is 2.20. The van der Waals surface area contributed by atoms with E-state index in [0.717, 1.165) is 0 Å². The molecule has 0 saturated carbocycles. The molecule has 4 heteroatoms. The van der Waals surface area contributed by atoms with E-state index in [2.05, 4.69) is 0 Å². The lowest BCUT2D eigenvalue weighted by atomic mass is 9.93. The minimum absolute atomic E-state index is 0.0983. The highest BCUT2D eigenvalue weighted by atomic mass is 16.5. The van der Waals surface area contributed by atoms with E-state index >= 15 is 0 Å². The molecule has 72 valence electrons. The zero-order valence-electron chi connectivity index (χ0n) is 7.34. The third-order valence-corrected chi connectivity index (χ3v) is 2.20. The summed E-state index contributed by atoms with van der Waals surface area (Å²) < 4.78 is 5.17. The highest BCUT2D eigenvalue weighted by Crippen LogP contribution is 2.20. The number of ether oxygens (including phenoxy) is 1. The van der Waals surface area contributed by atoms with Gasteiger partial charge in [-0.15, -0.1) is 0 Å². The van der Waals surface area contributed by atoms with Crippen LogP contribution in [0.5, 0.6) is 0 Å². The van der Waals surface area contributed by atoms with E-state index in [1.807, 2.05) is 13.8 Å². The van der Waals surface area contributed by atoms with Crippen molar-refractivity contribution in [3.63, 3.8) is 0 Å². The summed E-state index contributed by atoms with van der Waals surface area (Å²) in [7, 11) is 0. The van der Waals surface area contributed by atoms with Crippen LogP contribution in [0.4, 0.5) is 0 Å². The van der Waals surface area contributed by atoms with E-state index in [9.17, 15) is 10.2 Å². The van der Waals surface area contributed by atoms with Crippen molar-refractivity contribution in [2.75, 3.05) is 6.61 Å². The molecule has 3 N–H and O–H groups in total. The van der Waals surface area contributed by atoms with Gasteiger partial charge in [0, 0.05) is 0 Å². The first-order valence-electron chi connectivity index (χ1n) is 4.20. The van der Waals surface area contributed by atoms with Gasteiger partial charge in [-0.05, 0) is 5.92 Å². The van der Waals surface area contributed by atoms with Gasteiger partial charge in [0.15, 0.2) is 0 Å². The Hall–Kier alpha value is -0.160. The largest absolute Gasteiger partial charge is 0.388 e. The lowest BCUT2D eigenvalue weighted by Crippen LogP contribution is -2.54. The number of hydrogen-bond donors (Lipinski definition) is 3. The van der Waals surface area contributed by atoms with Crippen molar-refractivity contribution in [2.24, 2.45) is 5.92 Å². The van der Waals surface area contributed by atoms with Gasteiger partial charge in [0.2, 0.25) is 0 Å². The number of hydrogen-bond acceptors (Lipinski definition) is 4. The number of aliphatic hydroxyl groups excluding tert-OH is 3. The average molecular weight is 176 g/mol. The molecule has 1 heterocycles. The second kappa shape index (κ2) is 3.70. The maximum atomic E-state index is 9.44. The Morgan fingerprint density at radius 2 is 1.75 bits per heavy atom. The minimum atomic E-state index is -1.08. The summed E-state index contributed by atoms with van der Waals surface area (Å²) in [5, 5.41) is 27.8. The predicted molar refractivity (Wildman–Crippen MR) is 42.6 cm³/mol. The van der Waals surface area contributed by atoms with Crippen LogP contribution in [-0.4, -0.2) is 46.3 Å². The van der Waals surface area contributed by atoms with Crippen molar-refractivity contribution in [3.8, 4) is 0 Å². The zero-order valence-corrected chi connectivity index (χ0v) is 7.34. The molecule has 12 heavy (non-hydrogen) atoms. The fraction of sp³-hybridized carbons (Fsp3) is 1.00. The Kier molecular flexibility index (Phi) is 3.06. The summed E-state index contributed by atoms with van der Waals surface area (Å²) in [5.74, 6) is 0.141. The van der Waals surface area contributed by atoms with Gasteiger partial charge < -0.3 is 20.1 Å². The van der Waals surface area contributed by atoms with E-state index in [4.69, 9.17) is 9.84 Å². The van der Waals surface area contributed by atoms with Crippen LogP contribution in [0, 0.1) is 5.92 Å². The maximum Gasteiger partial charge on any atom is 0.111 e. The summed E-state index contributed by atoms with van der Waals surface area (Å²) in [5.41, 5.74) is 0. The Bertz CT molecular complexity index is 148. The van der Waals surface area contributed by atoms with Gasteiger partial charge in [-0.1, -0.05) is 13.8 Å². The summed E-state index contributed by atoms with van der Waals surface area (Å²) in [6, 6.07) is 0. The SMILES string of the molecule is CC(C)C1OC[C@@H](O)[C@H](O)[C@H]1O. The smallest absolute Gasteiger partial charge is 0.111 e. The van der Waals surface area contributed by atoms with E-state index in [-0.39, 0.29) is 18.6 Å². The van der Waals surface area contributed by atoms with Crippen LogP contribution in [-0.2, 0) is 4.74 Å². The normalized spacial score (nSPS) is 43.5. The molecule has 1 fully saturated rings. The Balaban J connectivity index is 2.58. The molecule has 0 spiro atoms. The summed E-state index contributed by atoms with van der Waals surface area (Å²) >= 11 is 0. The van der Waals surface area contributed by atoms with E-state index in [1.54, 1.807) is 0 Å². The van der Waals surface area contributed by atoms with Crippen molar-refractivity contribution in [1.29, 1.82) is 0 Å². The molecular weight excluding hydrogens is 160 g/mol. The van der Waals surface area contributed by atoms with Crippen LogP contribution in [0.2, 0.25) is 0 Å². The molecule has 0 aromatic carbocycles. The summed E-state index contributed by atoms with van der Waals surface area (Å²) in [6.07, 6.45) is -3.39. The van der Waals surface area contributed by atoms with Crippen molar-refractivity contribution < 1.29 is 20.1 Å². The number of aliphatic hydroxyl groups is 3. The fourth-order valence-electron chi connectivity index (χ4n) is 1.42. The standard InChI is InChI=1S/C8H16O4/c1-4(2)8-7(11)6(10)5(9)3-12-8/h4-11H,3H2,1-2H3/t5-,6+,7-,8?/m1/s1. The highest BCUT2D eigenvalue weighted by Gasteiger charge is 2.38. The first-order chi connectivity index (χ1) is 5.54. The van der Waals surface area contributed by atoms with Gasteiger partial charge in [0.05, 0.1) is 12.7 Å². The van der Waals surface area contributed by atoms with Gasteiger partial charge in [-0.3, -0.25) is 0 Å². The Labute approximate surface area is 71.8 Å². The monoisotopic (exact) mass is 176 g/mol. The first kappa shape index (κ1) is 9.92. The van der Waals surface area contributed by atoms with Crippen LogP contribution in [0.1, 0.15) is 13.8 Å². The highest BCUT2D eigenvalue weighted by molar-refractivity contribution is 4.87. The molecule has 4 nitrogen and oxygen atoms in total. The van der Waals surface area contributed by atoms with E-state index in [0.29, 0.717) is 0 Å². The maximum absolute atomic E-state index is 9.44. The second-order valence-electron chi connectivity index (χ2n) is 3.59. The van der Waals surface area contributed by atoms with Crippen molar-refractivity contribution >= 4 is 0 Å². The van der Waals surface area contributed by atoms with Gasteiger partial charge in [0.1, 0.15) is 18.3 Å². The van der Waals surface area contributed by atoms with Crippen LogP contribution in [0.15, 0.2) is 0 Å². The van der Waals surface area contributed by atoms with Gasteiger partial charge >= 0.3 is 0 Å². The molecular formula is C8H16O4. The molecule has 0 aliphatic carbocycles. The van der Waals surface area contributed by atoms with Crippen molar-refractivity contribution in [2.45, 2.75) is 38.3 Å². The van der Waals surface area contributed by atoms with E-state index in [1.165, 1.54) is 0 Å². The third kappa shape index (κ3) is 1.77. The molecule has 0 radical (unpaired) electrons. The summed E-state index contributed by atoms with van der Waals surface area (Å²) in [6.45, 7) is 3.90. The topological polar surface area (TPSA) is 69.9 Å². The molecule has 1 aliphatic rings. The van der Waals surface area contributed by atoms with Gasteiger partial charge in [0.25, 0.3) is 0 Å². The molecule has 4 atom stereocenters.